The molecule has 2 aromatic rings. The zero-order valence-corrected chi connectivity index (χ0v) is 13.8. The number of rotatable bonds is 5. The van der Waals surface area contributed by atoms with Crippen LogP contribution in [0.25, 0.3) is 0 Å². The Morgan fingerprint density at radius 1 is 1.15 bits per heavy atom. The summed E-state index contributed by atoms with van der Waals surface area (Å²) < 4.78 is 32.9. The second kappa shape index (κ2) is 6.45. The topological polar surface area (TPSA) is 55.4 Å². The van der Waals surface area contributed by atoms with Crippen molar-refractivity contribution < 1.29 is 13.2 Å². The van der Waals surface area contributed by atoms with E-state index < -0.39 is 10.0 Å². The minimum Gasteiger partial charge on any atom is -0.497 e. The van der Waals surface area contributed by atoms with E-state index in [1.807, 2.05) is 18.2 Å². The number of anilines is 1. The van der Waals surface area contributed by atoms with Gasteiger partial charge in [-0.3, -0.25) is 4.72 Å². The molecule has 0 bridgehead atoms. The highest BCUT2D eigenvalue weighted by Gasteiger charge is 2.14. The Labute approximate surface area is 132 Å². The molecule has 0 heterocycles. The van der Waals surface area contributed by atoms with E-state index in [1.54, 1.807) is 18.2 Å². The Morgan fingerprint density at radius 2 is 1.85 bits per heavy atom. The normalized spacial score (nSPS) is 11.1. The second-order valence-corrected chi connectivity index (χ2v) is 6.56. The van der Waals surface area contributed by atoms with E-state index in [0.717, 1.165) is 9.99 Å². The van der Waals surface area contributed by atoms with Gasteiger partial charge in [-0.2, -0.15) is 0 Å². The molecule has 0 radical (unpaired) electrons. The largest absolute Gasteiger partial charge is 0.497 e. The smallest absolute Gasteiger partial charge is 0.261 e. The molecule has 0 aliphatic heterocycles. The van der Waals surface area contributed by atoms with Gasteiger partial charge >= 0.3 is 0 Å². The number of hydrogen-bond acceptors (Lipinski definition) is 3. The average Bonchev–Trinajstić information content (AvgIpc) is 2.47. The number of sulfonamides is 1. The van der Waals surface area contributed by atoms with Gasteiger partial charge in [0.1, 0.15) is 5.75 Å². The fourth-order valence-corrected chi connectivity index (χ4v) is 3.21. The van der Waals surface area contributed by atoms with Crippen LogP contribution in [-0.4, -0.2) is 15.5 Å². The molecule has 0 fully saturated rings. The summed E-state index contributed by atoms with van der Waals surface area (Å²) in [7, 11) is -2.03. The average molecular weight is 403 g/mol. The maximum atomic E-state index is 12.2. The first-order valence-corrected chi connectivity index (χ1v) is 8.88. The summed E-state index contributed by atoms with van der Waals surface area (Å²) in [6.45, 7) is 0. The van der Waals surface area contributed by atoms with Gasteiger partial charge in [-0.1, -0.05) is 34.7 Å². The predicted molar refractivity (Wildman–Crippen MR) is 88.0 cm³/mol. The SMILES string of the molecule is COc1ccc(S(=O)(=O)Nc2cccc(CI)c2)cc1. The maximum absolute atomic E-state index is 12.2. The first-order chi connectivity index (χ1) is 9.55. The number of ether oxygens (including phenoxy) is 1. The molecule has 2 rings (SSSR count). The molecule has 0 atom stereocenters. The molecule has 20 heavy (non-hydrogen) atoms. The highest BCUT2D eigenvalue weighted by Crippen LogP contribution is 2.20. The summed E-state index contributed by atoms with van der Waals surface area (Å²) in [6.07, 6.45) is 0. The van der Waals surface area contributed by atoms with Gasteiger partial charge < -0.3 is 4.74 Å². The van der Waals surface area contributed by atoms with Gasteiger partial charge in [0.25, 0.3) is 10.0 Å². The van der Waals surface area contributed by atoms with Crippen molar-refractivity contribution in [3.63, 3.8) is 0 Å². The van der Waals surface area contributed by atoms with Crippen LogP contribution >= 0.6 is 22.6 Å². The van der Waals surface area contributed by atoms with E-state index >= 15 is 0 Å². The van der Waals surface area contributed by atoms with Crippen molar-refractivity contribution in [3.05, 3.63) is 54.1 Å². The lowest BCUT2D eigenvalue weighted by Gasteiger charge is -2.09. The van der Waals surface area contributed by atoms with E-state index in [9.17, 15) is 8.42 Å². The number of halogens is 1. The lowest BCUT2D eigenvalue weighted by Crippen LogP contribution is -2.12. The maximum Gasteiger partial charge on any atom is 0.261 e. The third kappa shape index (κ3) is 3.63. The summed E-state index contributed by atoms with van der Waals surface area (Å²) in [5, 5.41) is 0. The molecular formula is C14H14INO3S. The molecule has 0 unspecified atom stereocenters. The minimum atomic E-state index is -3.57. The highest BCUT2D eigenvalue weighted by molar-refractivity contribution is 14.1. The number of methoxy groups -OCH3 is 1. The van der Waals surface area contributed by atoms with Crippen molar-refractivity contribution in [1.29, 1.82) is 0 Å². The molecule has 0 aliphatic rings. The number of nitrogens with one attached hydrogen (secondary N) is 1. The molecule has 0 saturated carbocycles. The van der Waals surface area contributed by atoms with E-state index in [-0.39, 0.29) is 4.90 Å². The van der Waals surface area contributed by atoms with E-state index in [1.165, 1.54) is 19.2 Å². The fraction of sp³-hybridized carbons (Fsp3) is 0.143. The van der Waals surface area contributed by atoms with E-state index in [4.69, 9.17) is 4.74 Å². The van der Waals surface area contributed by atoms with Gasteiger partial charge in [-0.15, -0.1) is 0 Å². The van der Waals surface area contributed by atoms with Crippen molar-refractivity contribution >= 4 is 38.3 Å². The number of alkyl halides is 1. The Bertz CT molecular complexity index is 684. The van der Waals surface area contributed by atoms with Crippen molar-refractivity contribution in [1.82, 2.24) is 0 Å². The van der Waals surface area contributed by atoms with Crippen LogP contribution in [0, 0.1) is 0 Å². The van der Waals surface area contributed by atoms with Gasteiger partial charge in [0.15, 0.2) is 0 Å². The first-order valence-electron chi connectivity index (χ1n) is 5.87. The van der Waals surface area contributed by atoms with Gasteiger partial charge in [0, 0.05) is 10.1 Å². The van der Waals surface area contributed by atoms with E-state index in [0.29, 0.717) is 11.4 Å². The Kier molecular flexibility index (Phi) is 4.87. The lowest BCUT2D eigenvalue weighted by atomic mass is 10.2. The molecule has 0 aliphatic carbocycles. The Balaban J connectivity index is 2.25. The number of hydrogen-bond donors (Lipinski definition) is 1. The van der Waals surface area contributed by atoms with Crippen LogP contribution in [0.2, 0.25) is 0 Å². The van der Waals surface area contributed by atoms with Crippen molar-refractivity contribution in [2.45, 2.75) is 9.32 Å². The molecule has 0 spiro atoms. The quantitative estimate of drug-likeness (QED) is 0.615. The summed E-state index contributed by atoms with van der Waals surface area (Å²) in [5.41, 5.74) is 1.63. The van der Waals surface area contributed by atoms with Crippen LogP contribution in [0.15, 0.2) is 53.4 Å². The summed E-state index contributed by atoms with van der Waals surface area (Å²) in [6, 6.07) is 13.6. The van der Waals surface area contributed by atoms with Crippen molar-refractivity contribution in [3.8, 4) is 5.75 Å². The molecular weight excluding hydrogens is 389 g/mol. The monoisotopic (exact) mass is 403 g/mol. The van der Waals surface area contributed by atoms with Crippen LogP contribution in [0.3, 0.4) is 0 Å². The second-order valence-electron chi connectivity index (χ2n) is 4.12. The molecule has 0 amide bonds. The lowest BCUT2D eigenvalue weighted by molar-refractivity contribution is 0.414. The standard InChI is InChI=1S/C14H14INO3S/c1-19-13-5-7-14(8-6-13)20(17,18)16-12-4-2-3-11(9-12)10-15/h2-9,16H,10H2,1H3. The molecule has 2 aromatic carbocycles. The Morgan fingerprint density at radius 3 is 2.45 bits per heavy atom. The van der Waals surface area contributed by atoms with Gasteiger partial charge in [0.2, 0.25) is 0 Å². The van der Waals surface area contributed by atoms with Gasteiger partial charge in [-0.05, 0) is 42.0 Å². The van der Waals surface area contributed by atoms with E-state index in [2.05, 4.69) is 27.3 Å². The third-order valence-corrected chi connectivity index (χ3v) is 4.98. The van der Waals surface area contributed by atoms with Gasteiger partial charge in [0.05, 0.1) is 12.0 Å². The summed E-state index contributed by atoms with van der Waals surface area (Å²) in [4.78, 5) is 0.207. The molecule has 4 nitrogen and oxygen atoms in total. The van der Waals surface area contributed by atoms with Crippen molar-refractivity contribution in [2.75, 3.05) is 11.8 Å². The van der Waals surface area contributed by atoms with Crippen LogP contribution in [0.4, 0.5) is 5.69 Å². The predicted octanol–water partition coefficient (Wildman–Crippen LogP) is 3.43. The minimum absolute atomic E-state index is 0.207. The van der Waals surface area contributed by atoms with Crippen LogP contribution < -0.4 is 9.46 Å². The number of benzene rings is 2. The highest BCUT2D eigenvalue weighted by atomic mass is 127. The molecule has 6 heteroatoms. The third-order valence-electron chi connectivity index (χ3n) is 2.70. The molecule has 0 saturated heterocycles. The molecule has 0 aromatic heterocycles. The van der Waals surface area contributed by atoms with Crippen LogP contribution in [0.1, 0.15) is 5.56 Å². The van der Waals surface area contributed by atoms with Gasteiger partial charge in [-0.25, -0.2) is 8.42 Å². The Hall–Kier alpha value is -1.28. The zero-order valence-electron chi connectivity index (χ0n) is 10.8. The fourth-order valence-electron chi connectivity index (χ4n) is 1.69. The zero-order chi connectivity index (χ0) is 14.6. The van der Waals surface area contributed by atoms with Crippen molar-refractivity contribution in [2.24, 2.45) is 0 Å². The molecule has 1 N–H and O–H groups in total. The summed E-state index contributed by atoms with van der Waals surface area (Å²) >= 11 is 2.24. The van der Waals surface area contributed by atoms with Crippen LogP contribution in [0.5, 0.6) is 5.75 Å². The summed E-state index contributed by atoms with van der Waals surface area (Å²) in [5.74, 6) is 0.621. The van der Waals surface area contributed by atoms with Crippen LogP contribution in [-0.2, 0) is 14.5 Å². The molecule has 106 valence electrons. The first kappa shape index (κ1) is 15.1.